The highest BCUT2D eigenvalue weighted by Gasteiger charge is 2.15. The number of aryl methyl sites for hydroxylation is 1. The number of hydrogen-bond acceptors (Lipinski definition) is 2. The Morgan fingerprint density at radius 3 is 2.89 bits per heavy atom. The topological polar surface area (TPSA) is 3.24 Å². The van der Waals surface area contributed by atoms with E-state index >= 15 is 0 Å². The molecule has 0 N–H and O–H groups in total. The van der Waals surface area contributed by atoms with Crippen LogP contribution in [0.3, 0.4) is 0 Å². The van der Waals surface area contributed by atoms with Crippen LogP contribution in [0.25, 0.3) is 0 Å². The van der Waals surface area contributed by atoms with Crippen molar-refractivity contribution < 1.29 is 0 Å². The lowest BCUT2D eigenvalue weighted by molar-refractivity contribution is 0.709. The Morgan fingerprint density at radius 2 is 2.00 bits per heavy atom. The summed E-state index contributed by atoms with van der Waals surface area (Å²) in [5, 5.41) is 0. The minimum absolute atomic E-state index is 1.19. The van der Waals surface area contributed by atoms with Crippen molar-refractivity contribution in [3.8, 4) is 0 Å². The number of fused-ring (bicyclic) bond motifs is 1. The molecule has 0 saturated carbocycles. The van der Waals surface area contributed by atoms with Crippen LogP contribution in [-0.2, 0) is 6.42 Å². The van der Waals surface area contributed by atoms with Crippen LogP contribution in [-0.4, -0.2) is 18.8 Å². The van der Waals surface area contributed by atoms with Gasteiger partial charge in [-0.15, -0.1) is 11.8 Å². The summed E-state index contributed by atoms with van der Waals surface area (Å²) in [6.07, 6.45) is 10.4. The van der Waals surface area contributed by atoms with Gasteiger partial charge in [-0.1, -0.05) is 24.3 Å². The van der Waals surface area contributed by atoms with E-state index in [2.05, 4.69) is 47.0 Å². The van der Waals surface area contributed by atoms with E-state index in [1.807, 2.05) is 0 Å². The van der Waals surface area contributed by atoms with E-state index in [0.29, 0.717) is 0 Å². The average molecular weight is 273 g/mol. The van der Waals surface area contributed by atoms with Crippen molar-refractivity contribution in [1.82, 2.24) is 0 Å². The fraction of sp³-hybridized carbons (Fsp3) is 0.529. The predicted molar refractivity (Wildman–Crippen MR) is 86.0 cm³/mol. The van der Waals surface area contributed by atoms with E-state index in [0.717, 1.165) is 0 Å². The molecule has 0 bridgehead atoms. The largest absolute Gasteiger partial charge is 0.370 e. The van der Waals surface area contributed by atoms with Crippen molar-refractivity contribution in [2.45, 2.75) is 38.5 Å². The summed E-state index contributed by atoms with van der Waals surface area (Å²) >= 11 is 2.09. The van der Waals surface area contributed by atoms with Gasteiger partial charge in [-0.2, -0.15) is 0 Å². The normalized spacial score (nSPS) is 18.9. The zero-order valence-corrected chi connectivity index (χ0v) is 12.4. The van der Waals surface area contributed by atoms with Gasteiger partial charge >= 0.3 is 0 Å². The van der Waals surface area contributed by atoms with Crippen LogP contribution >= 0.6 is 11.8 Å². The maximum Gasteiger partial charge on any atom is 0.0399 e. The Balaban J connectivity index is 1.55. The van der Waals surface area contributed by atoms with Crippen LogP contribution in [0, 0.1) is 0 Å². The molecule has 0 spiro atoms. The molecule has 0 unspecified atom stereocenters. The highest BCUT2D eigenvalue weighted by atomic mass is 32.2. The SMILES string of the molecule is C1=C(SCCN2CCCc3ccccc32)CCCC1. The molecular weight excluding hydrogens is 250 g/mol. The van der Waals surface area contributed by atoms with Crippen LogP contribution in [0.2, 0.25) is 0 Å². The molecule has 0 atom stereocenters. The number of thioether (sulfide) groups is 1. The zero-order chi connectivity index (χ0) is 12.9. The minimum atomic E-state index is 1.19. The first-order valence-corrected chi connectivity index (χ1v) is 8.57. The van der Waals surface area contributed by atoms with Crippen LogP contribution < -0.4 is 4.90 Å². The maximum absolute atomic E-state index is 2.58. The van der Waals surface area contributed by atoms with Gasteiger partial charge in [0.05, 0.1) is 0 Å². The first kappa shape index (κ1) is 13.1. The quantitative estimate of drug-likeness (QED) is 0.787. The Labute approximate surface area is 121 Å². The molecule has 2 heteroatoms. The molecule has 0 radical (unpaired) electrons. The molecule has 1 aliphatic carbocycles. The lowest BCUT2D eigenvalue weighted by atomic mass is 10.0. The van der Waals surface area contributed by atoms with Gasteiger partial charge in [-0.3, -0.25) is 0 Å². The van der Waals surface area contributed by atoms with E-state index < -0.39 is 0 Å². The number of allylic oxidation sites excluding steroid dienone is 2. The molecular formula is C17H23NS. The zero-order valence-electron chi connectivity index (χ0n) is 11.6. The lowest BCUT2D eigenvalue weighted by Gasteiger charge is -2.31. The van der Waals surface area contributed by atoms with E-state index in [-0.39, 0.29) is 0 Å². The van der Waals surface area contributed by atoms with E-state index in [1.54, 1.807) is 4.91 Å². The molecule has 102 valence electrons. The van der Waals surface area contributed by atoms with Crippen LogP contribution in [0.4, 0.5) is 5.69 Å². The first-order chi connectivity index (χ1) is 9.43. The average Bonchev–Trinajstić information content (AvgIpc) is 2.49. The molecule has 0 saturated heterocycles. The smallest absolute Gasteiger partial charge is 0.0399 e. The van der Waals surface area contributed by atoms with E-state index in [1.165, 1.54) is 68.6 Å². The van der Waals surface area contributed by atoms with Gasteiger partial charge in [0.1, 0.15) is 0 Å². The highest BCUT2D eigenvalue weighted by molar-refractivity contribution is 8.03. The lowest BCUT2D eigenvalue weighted by Crippen LogP contribution is -2.31. The standard InChI is InChI=1S/C17H23NS/c1-2-9-16(10-3-1)19-14-13-18-12-6-8-15-7-4-5-11-17(15)18/h4-5,7,9,11H,1-3,6,8,10,12-14H2. The van der Waals surface area contributed by atoms with E-state index in [9.17, 15) is 0 Å². The van der Waals surface area contributed by atoms with Gasteiger partial charge in [-0.05, 0) is 55.1 Å². The number of benzene rings is 1. The number of para-hydroxylation sites is 1. The number of hydrogen-bond donors (Lipinski definition) is 0. The van der Waals surface area contributed by atoms with Gasteiger partial charge in [0, 0.05) is 24.5 Å². The fourth-order valence-electron chi connectivity index (χ4n) is 3.07. The molecule has 0 aromatic heterocycles. The van der Waals surface area contributed by atoms with Crippen molar-refractivity contribution >= 4 is 17.4 Å². The second kappa shape index (κ2) is 6.51. The summed E-state index contributed by atoms with van der Waals surface area (Å²) in [6, 6.07) is 8.93. The van der Waals surface area contributed by atoms with Gasteiger partial charge in [0.2, 0.25) is 0 Å². The van der Waals surface area contributed by atoms with Gasteiger partial charge in [-0.25, -0.2) is 0 Å². The monoisotopic (exact) mass is 273 g/mol. The molecule has 19 heavy (non-hydrogen) atoms. The molecule has 1 nitrogen and oxygen atoms in total. The second-order valence-electron chi connectivity index (χ2n) is 5.48. The van der Waals surface area contributed by atoms with Gasteiger partial charge in [0.15, 0.2) is 0 Å². The van der Waals surface area contributed by atoms with Crippen LogP contribution in [0.1, 0.15) is 37.7 Å². The minimum Gasteiger partial charge on any atom is -0.370 e. The molecule has 1 aliphatic heterocycles. The Morgan fingerprint density at radius 1 is 1.05 bits per heavy atom. The predicted octanol–water partition coefficient (Wildman–Crippen LogP) is 4.63. The summed E-state index contributed by atoms with van der Waals surface area (Å²) in [7, 11) is 0. The summed E-state index contributed by atoms with van der Waals surface area (Å²) in [6.45, 7) is 2.43. The number of anilines is 1. The number of nitrogens with zero attached hydrogens (tertiary/aromatic N) is 1. The van der Waals surface area contributed by atoms with Crippen molar-refractivity contribution in [3.05, 3.63) is 40.8 Å². The van der Waals surface area contributed by atoms with Crippen molar-refractivity contribution in [1.29, 1.82) is 0 Å². The Hall–Kier alpha value is -0.890. The Kier molecular flexibility index (Phi) is 4.49. The Bertz CT molecular complexity index is 452. The summed E-state index contributed by atoms with van der Waals surface area (Å²) in [5.74, 6) is 1.24. The second-order valence-corrected chi connectivity index (χ2v) is 6.71. The van der Waals surface area contributed by atoms with Crippen molar-refractivity contribution in [2.75, 3.05) is 23.7 Å². The maximum atomic E-state index is 2.58. The first-order valence-electron chi connectivity index (χ1n) is 7.58. The molecule has 2 aliphatic rings. The van der Waals surface area contributed by atoms with Gasteiger partial charge in [0.25, 0.3) is 0 Å². The third-order valence-corrected chi connectivity index (χ3v) is 5.23. The van der Waals surface area contributed by atoms with E-state index in [4.69, 9.17) is 0 Å². The molecule has 1 aromatic carbocycles. The van der Waals surface area contributed by atoms with Crippen molar-refractivity contribution in [2.24, 2.45) is 0 Å². The highest BCUT2D eigenvalue weighted by Crippen LogP contribution is 2.30. The summed E-state index contributed by atoms with van der Waals surface area (Å²) in [5.41, 5.74) is 3.02. The molecule has 1 aromatic rings. The molecule has 3 rings (SSSR count). The molecule has 0 amide bonds. The van der Waals surface area contributed by atoms with Crippen LogP contribution in [0.15, 0.2) is 35.2 Å². The number of rotatable bonds is 4. The van der Waals surface area contributed by atoms with Crippen LogP contribution in [0.5, 0.6) is 0 Å². The fourth-order valence-corrected chi connectivity index (χ4v) is 4.17. The molecule has 0 fully saturated rings. The third kappa shape index (κ3) is 3.36. The summed E-state index contributed by atoms with van der Waals surface area (Å²) in [4.78, 5) is 4.21. The third-order valence-electron chi connectivity index (χ3n) is 4.10. The van der Waals surface area contributed by atoms with Crippen molar-refractivity contribution in [3.63, 3.8) is 0 Å². The summed E-state index contributed by atoms with van der Waals surface area (Å²) < 4.78 is 0. The molecule has 1 heterocycles. The van der Waals surface area contributed by atoms with Gasteiger partial charge < -0.3 is 4.90 Å².